The molecule has 0 spiro atoms. The summed E-state index contributed by atoms with van der Waals surface area (Å²) in [6, 6.07) is 5.85. The van der Waals surface area contributed by atoms with E-state index >= 15 is 0 Å². The van der Waals surface area contributed by atoms with Crippen LogP contribution in [0.25, 0.3) is 0 Å². The number of carbonyl (C=O) groups excluding carboxylic acids is 1. The van der Waals surface area contributed by atoms with E-state index < -0.39 is 23.7 Å². The van der Waals surface area contributed by atoms with Gasteiger partial charge >= 0.3 is 12.1 Å². The molecule has 0 saturated carbocycles. The van der Waals surface area contributed by atoms with E-state index in [1.165, 1.54) is 0 Å². The van der Waals surface area contributed by atoms with Crippen molar-refractivity contribution in [1.82, 2.24) is 5.32 Å². The summed E-state index contributed by atoms with van der Waals surface area (Å²) in [5.74, 6) is -1.13. The summed E-state index contributed by atoms with van der Waals surface area (Å²) in [7, 11) is 0. The minimum Gasteiger partial charge on any atom is -0.479 e. The van der Waals surface area contributed by atoms with Crippen molar-refractivity contribution in [3.05, 3.63) is 33.4 Å². The number of rotatable bonds is 3. The van der Waals surface area contributed by atoms with Crippen LogP contribution < -0.4 is 5.32 Å². The molecule has 0 aliphatic heterocycles. The van der Waals surface area contributed by atoms with Gasteiger partial charge in [-0.25, -0.2) is 9.59 Å². The Balaban J connectivity index is 2.89. The average molecular weight is 377 g/mol. The smallest absolute Gasteiger partial charge is 0.408 e. The van der Waals surface area contributed by atoms with Crippen LogP contribution in [0, 0.1) is 3.57 Å². The maximum atomic E-state index is 11.7. The summed E-state index contributed by atoms with van der Waals surface area (Å²) in [6.45, 7) is 5.15. The van der Waals surface area contributed by atoms with Crippen molar-refractivity contribution < 1.29 is 19.4 Å². The Hall–Kier alpha value is -1.31. The van der Waals surface area contributed by atoms with Gasteiger partial charge in [0.05, 0.1) is 0 Å². The zero-order valence-electron chi connectivity index (χ0n) is 10.9. The Kier molecular flexibility index (Phi) is 5.16. The second-order valence-electron chi connectivity index (χ2n) is 4.94. The lowest BCUT2D eigenvalue weighted by Crippen LogP contribution is -2.38. The quantitative estimate of drug-likeness (QED) is 0.795. The summed E-state index contributed by atoms with van der Waals surface area (Å²) in [5, 5.41) is 11.6. The van der Waals surface area contributed by atoms with E-state index in [1.807, 2.05) is 22.6 Å². The van der Waals surface area contributed by atoms with E-state index in [9.17, 15) is 14.7 Å². The van der Waals surface area contributed by atoms with Crippen LogP contribution in [0.1, 0.15) is 32.4 Å². The number of nitrogens with one attached hydrogen (secondary N) is 1. The van der Waals surface area contributed by atoms with E-state index in [-0.39, 0.29) is 0 Å². The first-order chi connectivity index (χ1) is 8.70. The number of carboxylic acids is 1. The van der Waals surface area contributed by atoms with Gasteiger partial charge in [0.25, 0.3) is 0 Å². The van der Waals surface area contributed by atoms with Crippen molar-refractivity contribution in [2.75, 3.05) is 0 Å². The van der Waals surface area contributed by atoms with Crippen LogP contribution in [0.5, 0.6) is 0 Å². The zero-order valence-corrected chi connectivity index (χ0v) is 13.1. The van der Waals surface area contributed by atoms with E-state index in [0.29, 0.717) is 5.56 Å². The highest BCUT2D eigenvalue weighted by atomic mass is 127. The van der Waals surface area contributed by atoms with Crippen molar-refractivity contribution in [1.29, 1.82) is 0 Å². The topological polar surface area (TPSA) is 75.6 Å². The van der Waals surface area contributed by atoms with Gasteiger partial charge in [0.1, 0.15) is 5.60 Å². The number of carbonyl (C=O) groups is 2. The SMILES string of the molecule is CC(C)(C)OC(=O)NC(C(=O)O)c1ccccc1I. The number of carboxylic acid groups (broad SMARTS) is 1. The van der Waals surface area contributed by atoms with Gasteiger partial charge in [-0.1, -0.05) is 18.2 Å². The van der Waals surface area contributed by atoms with Crippen LogP contribution in [0.2, 0.25) is 0 Å². The number of hydrogen-bond acceptors (Lipinski definition) is 3. The Morgan fingerprint density at radius 1 is 1.32 bits per heavy atom. The normalized spacial score (nSPS) is 12.6. The number of ether oxygens (including phenoxy) is 1. The maximum absolute atomic E-state index is 11.7. The van der Waals surface area contributed by atoms with E-state index in [4.69, 9.17) is 4.74 Å². The van der Waals surface area contributed by atoms with Crippen molar-refractivity contribution in [2.45, 2.75) is 32.4 Å². The fourth-order valence-electron chi connectivity index (χ4n) is 1.41. The first-order valence-corrected chi connectivity index (χ1v) is 6.75. The van der Waals surface area contributed by atoms with Crippen molar-refractivity contribution >= 4 is 34.7 Å². The molecule has 1 rings (SSSR count). The van der Waals surface area contributed by atoms with Crippen LogP contribution in [0.15, 0.2) is 24.3 Å². The number of alkyl carbamates (subject to hydrolysis) is 1. The van der Waals surface area contributed by atoms with Crippen molar-refractivity contribution in [2.24, 2.45) is 0 Å². The molecule has 19 heavy (non-hydrogen) atoms. The van der Waals surface area contributed by atoms with Gasteiger partial charge in [-0.2, -0.15) is 0 Å². The lowest BCUT2D eigenvalue weighted by Gasteiger charge is -2.22. The molecule has 104 valence electrons. The monoisotopic (exact) mass is 377 g/mol. The molecule has 0 fully saturated rings. The van der Waals surface area contributed by atoms with Crippen LogP contribution in [-0.4, -0.2) is 22.8 Å². The highest BCUT2D eigenvalue weighted by Gasteiger charge is 2.26. The summed E-state index contributed by atoms with van der Waals surface area (Å²) >= 11 is 2.03. The molecule has 1 aromatic rings. The van der Waals surface area contributed by atoms with Gasteiger partial charge in [0.15, 0.2) is 6.04 Å². The molecule has 0 radical (unpaired) electrons. The van der Waals surface area contributed by atoms with Crippen molar-refractivity contribution in [3.8, 4) is 0 Å². The predicted octanol–water partition coefficient (Wildman–Crippen LogP) is 2.94. The van der Waals surface area contributed by atoms with Crippen LogP contribution in [-0.2, 0) is 9.53 Å². The van der Waals surface area contributed by atoms with Crippen molar-refractivity contribution in [3.63, 3.8) is 0 Å². The van der Waals surface area contributed by atoms with E-state index in [1.54, 1.807) is 45.0 Å². The first kappa shape index (κ1) is 15.7. The molecule has 1 amide bonds. The maximum Gasteiger partial charge on any atom is 0.408 e. The highest BCUT2D eigenvalue weighted by Crippen LogP contribution is 2.20. The Labute approximate surface area is 125 Å². The molecule has 0 aliphatic carbocycles. The molecule has 0 heterocycles. The minimum absolute atomic E-state index is 0.529. The number of benzene rings is 1. The third-order valence-corrected chi connectivity index (χ3v) is 3.11. The third-order valence-electron chi connectivity index (χ3n) is 2.12. The molecule has 1 unspecified atom stereocenters. The molecule has 6 heteroatoms. The molecule has 5 nitrogen and oxygen atoms in total. The van der Waals surface area contributed by atoms with E-state index in [0.717, 1.165) is 3.57 Å². The van der Waals surface area contributed by atoms with Gasteiger partial charge in [0.2, 0.25) is 0 Å². The number of halogens is 1. The average Bonchev–Trinajstić information content (AvgIpc) is 2.24. The highest BCUT2D eigenvalue weighted by molar-refractivity contribution is 14.1. The molecule has 0 aromatic heterocycles. The lowest BCUT2D eigenvalue weighted by atomic mass is 10.1. The fourth-order valence-corrected chi connectivity index (χ4v) is 2.11. The molecule has 0 aliphatic rings. The molecule has 1 atom stereocenters. The number of hydrogen-bond donors (Lipinski definition) is 2. The molecular formula is C13H16INO4. The standard InChI is InChI=1S/C13H16INO4/c1-13(2,3)19-12(18)15-10(11(16)17)8-6-4-5-7-9(8)14/h4-7,10H,1-3H3,(H,15,18)(H,16,17). The zero-order chi connectivity index (χ0) is 14.6. The molecular weight excluding hydrogens is 361 g/mol. The van der Waals surface area contributed by atoms with Crippen LogP contribution >= 0.6 is 22.6 Å². The minimum atomic E-state index is -1.13. The van der Waals surface area contributed by atoms with Gasteiger partial charge in [-0.15, -0.1) is 0 Å². The second kappa shape index (κ2) is 6.23. The largest absolute Gasteiger partial charge is 0.479 e. The fraction of sp³-hybridized carbons (Fsp3) is 0.385. The molecule has 2 N–H and O–H groups in total. The Morgan fingerprint density at radius 3 is 2.37 bits per heavy atom. The van der Waals surface area contributed by atoms with Crippen LogP contribution in [0.3, 0.4) is 0 Å². The summed E-state index contributed by atoms with van der Waals surface area (Å²) in [6.07, 6.45) is -0.750. The summed E-state index contributed by atoms with van der Waals surface area (Å²) < 4.78 is 5.83. The van der Waals surface area contributed by atoms with Crippen LogP contribution in [0.4, 0.5) is 4.79 Å². The predicted molar refractivity (Wildman–Crippen MR) is 78.9 cm³/mol. The third kappa shape index (κ3) is 5.06. The Morgan fingerprint density at radius 2 is 1.89 bits per heavy atom. The number of amides is 1. The van der Waals surface area contributed by atoms with Gasteiger partial charge in [-0.3, -0.25) is 0 Å². The van der Waals surface area contributed by atoms with Gasteiger partial charge in [0, 0.05) is 3.57 Å². The summed E-state index contributed by atoms with van der Waals surface area (Å²) in [4.78, 5) is 22.9. The number of aliphatic carboxylic acids is 1. The van der Waals surface area contributed by atoms with Gasteiger partial charge in [-0.05, 0) is 55.0 Å². The second-order valence-corrected chi connectivity index (χ2v) is 6.10. The lowest BCUT2D eigenvalue weighted by molar-refractivity contribution is -0.139. The van der Waals surface area contributed by atoms with Gasteiger partial charge < -0.3 is 15.2 Å². The molecule has 1 aromatic carbocycles. The summed E-state index contributed by atoms with van der Waals surface area (Å²) in [5.41, 5.74) is -0.141. The molecule has 0 saturated heterocycles. The Bertz CT molecular complexity index is 482. The molecule has 0 bridgehead atoms. The van der Waals surface area contributed by atoms with E-state index in [2.05, 4.69) is 5.32 Å². The first-order valence-electron chi connectivity index (χ1n) is 5.67.